The SMILES string of the molecule is CCCNC(=O)c1cccc(S(=O)(=O)NCc2ccccc2F)c1. The zero-order chi connectivity index (χ0) is 17.6. The summed E-state index contributed by atoms with van der Waals surface area (Å²) < 4.78 is 40.6. The topological polar surface area (TPSA) is 75.3 Å². The molecule has 24 heavy (non-hydrogen) atoms. The maximum Gasteiger partial charge on any atom is 0.251 e. The third-order valence-corrected chi connectivity index (χ3v) is 4.75. The van der Waals surface area contributed by atoms with Gasteiger partial charge in [-0.25, -0.2) is 17.5 Å². The monoisotopic (exact) mass is 350 g/mol. The van der Waals surface area contributed by atoms with Crippen LogP contribution in [0.4, 0.5) is 4.39 Å². The highest BCUT2D eigenvalue weighted by Crippen LogP contribution is 2.13. The van der Waals surface area contributed by atoms with Crippen molar-refractivity contribution in [2.24, 2.45) is 0 Å². The molecule has 7 heteroatoms. The maximum atomic E-state index is 13.6. The van der Waals surface area contributed by atoms with Gasteiger partial charge in [-0.05, 0) is 30.7 Å². The molecule has 1 amide bonds. The molecule has 2 N–H and O–H groups in total. The van der Waals surface area contributed by atoms with E-state index in [0.29, 0.717) is 6.54 Å². The van der Waals surface area contributed by atoms with Crippen molar-refractivity contribution in [3.63, 3.8) is 0 Å². The molecule has 2 rings (SSSR count). The average molecular weight is 350 g/mol. The van der Waals surface area contributed by atoms with E-state index in [4.69, 9.17) is 0 Å². The van der Waals surface area contributed by atoms with Crippen LogP contribution in [0, 0.1) is 5.82 Å². The molecule has 0 aromatic heterocycles. The molecule has 2 aromatic carbocycles. The van der Waals surface area contributed by atoms with E-state index in [2.05, 4.69) is 10.0 Å². The van der Waals surface area contributed by atoms with Crippen LogP contribution in [0.2, 0.25) is 0 Å². The fourth-order valence-electron chi connectivity index (χ4n) is 2.04. The van der Waals surface area contributed by atoms with Crippen LogP contribution >= 0.6 is 0 Å². The molecule has 0 fully saturated rings. The number of benzene rings is 2. The van der Waals surface area contributed by atoms with Crippen molar-refractivity contribution in [1.82, 2.24) is 10.0 Å². The molecular formula is C17H19FN2O3S. The smallest absolute Gasteiger partial charge is 0.251 e. The molecule has 0 bridgehead atoms. The summed E-state index contributed by atoms with van der Waals surface area (Å²) in [6.07, 6.45) is 0.786. The minimum absolute atomic E-state index is 0.0389. The Morgan fingerprint density at radius 1 is 1.12 bits per heavy atom. The minimum Gasteiger partial charge on any atom is -0.352 e. The maximum absolute atomic E-state index is 13.6. The van der Waals surface area contributed by atoms with Gasteiger partial charge in [-0.2, -0.15) is 0 Å². The normalized spacial score (nSPS) is 11.2. The number of carbonyl (C=O) groups is 1. The summed E-state index contributed by atoms with van der Waals surface area (Å²) in [5.41, 5.74) is 0.509. The van der Waals surface area contributed by atoms with E-state index < -0.39 is 15.8 Å². The molecule has 0 heterocycles. The van der Waals surface area contributed by atoms with Gasteiger partial charge in [0.25, 0.3) is 5.91 Å². The number of amides is 1. The minimum atomic E-state index is -3.85. The number of rotatable bonds is 7. The van der Waals surface area contributed by atoms with Gasteiger partial charge in [-0.15, -0.1) is 0 Å². The first-order chi connectivity index (χ1) is 11.4. The first kappa shape index (κ1) is 18.1. The van der Waals surface area contributed by atoms with Crippen LogP contribution in [-0.4, -0.2) is 20.9 Å². The van der Waals surface area contributed by atoms with Crippen LogP contribution < -0.4 is 10.0 Å². The number of hydrogen-bond donors (Lipinski definition) is 2. The summed E-state index contributed by atoms with van der Waals surface area (Å²) >= 11 is 0. The molecule has 0 spiro atoms. The van der Waals surface area contributed by atoms with Gasteiger partial charge in [-0.3, -0.25) is 4.79 Å². The molecule has 2 aromatic rings. The molecule has 0 saturated carbocycles. The summed E-state index contributed by atoms with van der Waals surface area (Å²) in [6, 6.07) is 11.7. The van der Waals surface area contributed by atoms with Crippen molar-refractivity contribution in [2.45, 2.75) is 24.8 Å². The Labute approximate surface area is 141 Å². The largest absolute Gasteiger partial charge is 0.352 e. The number of halogens is 1. The van der Waals surface area contributed by atoms with Gasteiger partial charge in [0.15, 0.2) is 0 Å². The van der Waals surface area contributed by atoms with Gasteiger partial charge in [0, 0.05) is 24.2 Å². The summed E-state index contributed by atoms with van der Waals surface area (Å²) in [5.74, 6) is -0.809. The van der Waals surface area contributed by atoms with Gasteiger partial charge >= 0.3 is 0 Å². The predicted octanol–water partition coefficient (Wildman–Crippen LogP) is 2.44. The lowest BCUT2D eigenvalue weighted by molar-refractivity contribution is 0.0953. The van der Waals surface area contributed by atoms with Crippen molar-refractivity contribution in [3.05, 3.63) is 65.5 Å². The Balaban J connectivity index is 2.14. The van der Waals surface area contributed by atoms with Gasteiger partial charge < -0.3 is 5.32 Å². The Hall–Kier alpha value is -2.25. The molecule has 0 aliphatic rings. The highest BCUT2D eigenvalue weighted by atomic mass is 32.2. The Morgan fingerprint density at radius 2 is 1.88 bits per heavy atom. The zero-order valence-corrected chi connectivity index (χ0v) is 14.1. The van der Waals surface area contributed by atoms with Crippen molar-refractivity contribution < 1.29 is 17.6 Å². The molecular weight excluding hydrogens is 331 g/mol. The lowest BCUT2D eigenvalue weighted by Gasteiger charge is -2.09. The average Bonchev–Trinajstić information content (AvgIpc) is 2.59. The number of sulfonamides is 1. The fraction of sp³-hybridized carbons (Fsp3) is 0.235. The fourth-order valence-corrected chi connectivity index (χ4v) is 3.09. The molecule has 0 aliphatic carbocycles. The van der Waals surface area contributed by atoms with Crippen LogP contribution in [0.3, 0.4) is 0 Å². The van der Waals surface area contributed by atoms with E-state index in [1.54, 1.807) is 12.1 Å². The van der Waals surface area contributed by atoms with Gasteiger partial charge in [0.2, 0.25) is 10.0 Å². The van der Waals surface area contributed by atoms with Gasteiger partial charge in [-0.1, -0.05) is 31.2 Å². The molecule has 0 saturated heterocycles. The lowest BCUT2D eigenvalue weighted by Crippen LogP contribution is -2.26. The first-order valence-electron chi connectivity index (χ1n) is 7.55. The Kier molecular flexibility index (Phi) is 6.05. The van der Waals surface area contributed by atoms with E-state index >= 15 is 0 Å². The third kappa shape index (κ3) is 4.62. The zero-order valence-electron chi connectivity index (χ0n) is 13.3. The molecule has 128 valence electrons. The van der Waals surface area contributed by atoms with E-state index in [1.165, 1.54) is 36.4 Å². The third-order valence-electron chi connectivity index (χ3n) is 3.35. The summed E-state index contributed by atoms with van der Waals surface area (Å²) in [4.78, 5) is 11.9. The van der Waals surface area contributed by atoms with Crippen LogP contribution in [0.1, 0.15) is 29.3 Å². The number of hydrogen-bond acceptors (Lipinski definition) is 3. The quantitative estimate of drug-likeness (QED) is 0.805. The molecule has 0 aliphatic heterocycles. The standard InChI is InChI=1S/C17H19FN2O3S/c1-2-10-19-17(21)13-7-5-8-15(11-13)24(22,23)20-12-14-6-3-4-9-16(14)18/h3-9,11,20H,2,10,12H2,1H3,(H,19,21). The van der Waals surface area contributed by atoms with E-state index in [-0.39, 0.29) is 28.5 Å². The van der Waals surface area contributed by atoms with Crippen molar-refractivity contribution in [1.29, 1.82) is 0 Å². The molecule has 5 nitrogen and oxygen atoms in total. The Morgan fingerprint density at radius 3 is 2.58 bits per heavy atom. The molecule has 0 radical (unpaired) electrons. The highest BCUT2D eigenvalue weighted by molar-refractivity contribution is 7.89. The van der Waals surface area contributed by atoms with E-state index in [1.807, 2.05) is 6.92 Å². The van der Waals surface area contributed by atoms with Crippen LogP contribution in [-0.2, 0) is 16.6 Å². The lowest BCUT2D eigenvalue weighted by atomic mass is 10.2. The Bertz CT molecular complexity index is 822. The van der Waals surface area contributed by atoms with Crippen molar-refractivity contribution in [3.8, 4) is 0 Å². The summed E-state index contributed by atoms with van der Waals surface area (Å²) in [5, 5.41) is 2.69. The number of carbonyl (C=O) groups excluding carboxylic acids is 1. The van der Waals surface area contributed by atoms with Gasteiger partial charge in [0.05, 0.1) is 4.90 Å². The van der Waals surface area contributed by atoms with E-state index in [9.17, 15) is 17.6 Å². The second kappa shape index (κ2) is 8.03. The van der Waals surface area contributed by atoms with Crippen molar-refractivity contribution >= 4 is 15.9 Å². The summed E-state index contributed by atoms with van der Waals surface area (Å²) in [7, 11) is -3.85. The van der Waals surface area contributed by atoms with E-state index in [0.717, 1.165) is 6.42 Å². The van der Waals surface area contributed by atoms with Gasteiger partial charge in [0.1, 0.15) is 5.82 Å². The van der Waals surface area contributed by atoms with Crippen molar-refractivity contribution in [2.75, 3.05) is 6.54 Å². The molecule has 0 unspecified atom stereocenters. The van der Waals surface area contributed by atoms with Crippen LogP contribution in [0.25, 0.3) is 0 Å². The second-order valence-corrected chi connectivity index (χ2v) is 6.97. The molecule has 0 atom stereocenters. The second-order valence-electron chi connectivity index (χ2n) is 5.20. The first-order valence-corrected chi connectivity index (χ1v) is 9.03. The highest BCUT2D eigenvalue weighted by Gasteiger charge is 2.16. The number of nitrogens with one attached hydrogen (secondary N) is 2. The van der Waals surface area contributed by atoms with Crippen LogP contribution in [0.5, 0.6) is 0 Å². The van der Waals surface area contributed by atoms with Crippen LogP contribution in [0.15, 0.2) is 53.4 Å². The predicted molar refractivity (Wildman–Crippen MR) is 89.5 cm³/mol. The summed E-state index contributed by atoms with van der Waals surface area (Å²) in [6.45, 7) is 2.27.